The summed E-state index contributed by atoms with van der Waals surface area (Å²) in [4.78, 5) is 14.3. The largest absolute Gasteiger partial charge is 0.339 e. The lowest BCUT2D eigenvalue weighted by Crippen LogP contribution is -2.43. The maximum atomic E-state index is 12.4. The van der Waals surface area contributed by atoms with E-state index in [1.165, 1.54) is 19.3 Å². The molecular weight excluding hydrogens is 274 g/mol. The number of hydrogen-bond acceptors (Lipinski definition) is 3. The van der Waals surface area contributed by atoms with Crippen LogP contribution in [0.4, 0.5) is 0 Å². The molecule has 3 fully saturated rings. The topological polar surface area (TPSA) is 54.5 Å². The van der Waals surface area contributed by atoms with Gasteiger partial charge in [0.1, 0.15) is 5.75 Å². The second-order valence-corrected chi connectivity index (χ2v) is 8.98. The molecule has 4 nitrogen and oxygen atoms in total. The molecule has 0 N–H and O–H groups in total. The summed E-state index contributed by atoms with van der Waals surface area (Å²) < 4.78 is 24.6. The van der Waals surface area contributed by atoms with Crippen LogP contribution in [-0.2, 0) is 14.6 Å². The molecule has 0 bridgehead atoms. The van der Waals surface area contributed by atoms with E-state index in [9.17, 15) is 13.2 Å². The number of carbonyl (C=O) groups is 1. The minimum atomic E-state index is -3.23. The van der Waals surface area contributed by atoms with Gasteiger partial charge in [-0.15, -0.1) is 0 Å². The van der Waals surface area contributed by atoms with Crippen molar-refractivity contribution in [3.05, 3.63) is 0 Å². The van der Waals surface area contributed by atoms with Crippen molar-refractivity contribution in [2.45, 2.75) is 69.1 Å². The Balaban J connectivity index is 1.64. The summed E-state index contributed by atoms with van der Waals surface area (Å²) in [6.07, 6.45) is 9.29. The van der Waals surface area contributed by atoms with E-state index in [1.54, 1.807) is 0 Å². The van der Waals surface area contributed by atoms with Crippen molar-refractivity contribution < 1.29 is 13.2 Å². The Labute approximate surface area is 121 Å². The van der Waals surface area contributed by atoms with Crippen LogP contribution >= 0.6 is 0 Å². The normalized spacial score (nSPS) is 31.5. The SMILES string of the molecule is O=C(CS(=O)(=O)C1CCCC1)N1CCC2CCCCC21. The minimum absolute atomic E-state index is 0.133. The number of nitrogens with zero attached hydrogens (tertiary/aromatic N) is 1. The second-order valence-electron chi connectivity index (χ2n) is 6.70. The van der Waals surface area contributed by atoms with Crippen molar-refractivity contribution in [1.29, 1.82) is 0 Å². The Kier molecular flexibility index (Phi) is 4.07. The summed E-state index contributed by atoms with van der Waals surface area (Å²) in [5.41, 5.74) is 0. The fourth-order valence-corrected chi connectivity index (χ4v) is 6.13. The quantitative estimate of drug-likeness (QED) is 0.802. The summed E-state index contributed by atoms with van der Waals surface area (Å²) in [5.74, 6) is 0.245. The van der Waals surface area contributed by atoms with Crippen molar-refractivity contribution in [2.75, 3.05) is 12.3 Å². The van der Waals surface area contributed by atoms with Gasteiger partial charge >= 0.3 is 0 Å². The Morgan fingerprint density at radius 1 is 0.950 bits per heavy atom. The molecule has 1 saturated heterocycles. The highest BCUT2D eigenvalue weighted by atomic mass is 32.2. The number of hydrogen-bond donors (Lipinski definition) is 0. The highest BCUT2D eigenvalue weighted by Crippen LogP contribution is 2.36. The third-order valence-electron chi connectivity index (χ3n) is 5.47. The zero-order valence-corrected chi connectivity index (χ0v) is 12.9. The van der Waals surface area contributed by atoms with Crippen LogP contribution in [0.2, 0.25) is 0 Å². The molecule has 0 aromatic rings. The highest BCUT2D eigenvalue weighted by Gasteiger charge is 2.40. The van der Waals surface area contributed by atoms with E-state index in [4.69, 9.17) is 0 Å². The molecule has 2 saturated carbocycles. The van der Waals surface area contributed by atoms with Crippen LogP contribution in [0, 0.1) is 5.92 Å². The van der Waals surface area contributed by atoms with E-state index < -0.39 is 9.84 Å². The number of amides is 1. The van der Waals surface area contributed by atoms with E-state index in [2.05, 4.69) is 0 Å². The van der Waals surface area contributed by atoms with E-state index in [1.807, 2.05) is 4.90 Å². The van der Waals surface area contributed by atoms with Crippen LogP contribution in [-0.4, -0.2) is 42.8 Å². The average molecular weight is 299 g/mol. The predicted octanol–water partition coefficient (Wildman–Crippen LogP) is 2.13. The summed E-state index contributed by atoms with van der Waals surface area (Å²) in [7, 11) is -3.23. The van der Waals surface area contributed by atoms with Crippen LogP contribution < -0.4 is 0 Å². The van der Waals surface area contributed by atoms with Crippen molar-refractivity contribution in [3.8, 4) is 0 Å². The molecule has 0 aromatic carbocycles. The van der Waals surface area contributed by atoms with Gasteiger partial charge in [-0.3, -0.25) is 4.79 Å². The van der Waals surface area contributed by atoms with Gasteiger partial charge in [0, 0.05) is 12.6 Å². The molecule has 1 amide bonds. The summed E-state index contributed by atoms with van der Waals surface area (Å²) in [5, 5.41) is -0.254. The summed E-state index contributed by atoms with van der Waals surface area (Å²) >= 11 is 0. The number of fused-ring (bicyclic) bond motifs is 1. The van der Waals surface area contributed by atoms with Crippen molar-refractivity contribution >= 4 is 15.7 Å². The summed E-state index contributed by atoms with van der Waals surface area (Å²) in [6.45, 7) is 0.772. The summed E-state index contributed by atoms with van der Waals surface area (Å²) in [6, 6.07) is 0.329. The van der Waals surface area contributed by atoms with Crippen molar-refractivity contribution in [1.82, 2.24) is 4.90 Å². The van der Waals surface area contributed by atoms with Gasteiger partial charge in [0.05, 0.1) is 5.25 Å². The first kappa shape index (κ1) is 14.4. The highest BCUT2D eigenvalue weighted by molar-refractivity contribution is 7.92. The zero-order chi connectivity index (χ0) is 14.2. The first-order chi connectivity index (χ1) is 9.58. The average Bonchev–Trinajstić information content (AvgIpc) is 3.08. The number of rotatable bonds is 3. The van der Waals surface area contributed by atoms with Crippen LogP contribution in [0.25, 0.3) is 0 Å². The Bertz CT molecular complexity index is 468. The van der Waals surface area contributed by atoms with E-state index in [-0.39, 0.29) is 16.9 Å². The van der Waals surface area contributed by atoms with Gasteiger partial charge in [-0.1, -0.05) is 25.7 Å². The number of likely N-dealkylation sites (tertiary alicyclic amines) is 1. The van der Waals surface area contributed by atoms with Gasteiger partial charge in [0.15, 0.2) is 9.84 Å². The van der Waals surface area contributed by atoms with Gasteiger partial charge in [-0.2, -0.15) is 0 Å². The van der Waals surface area contributed by atoms with Crippen LogP contribution in [0.15, 0.2) is 0 Å². The lowest BCUT2D eigenvalue weighted by Gasteiger charge is -2.31. The molecule has 5 heteroatoms. The van der Waals surface area contributed by atoms with E-state index in [0.717, 1.165) is 45.1 Å². The molecule has 0 spiro atoms. The maximum absolute atomic E-state index is 12.4. The fraction of sp³-hybridized carbons (Fsp3) is 0.933. The Morgan fingerprint density at radius 2 is 1.60 bits per heavy atom. The Morgan fingerprint density at radius 3 is 2.35 bits per heavy atom. The lowest BCUT2D eigenvalue weighted by atomic mass is 9.85. The van der Waals surface area contributed by atoms with E-state index >= 15 is 0 Å². The van der Waals surface area contributed by atoms with E-state index in [0.29, 0.717) is 12.0 Å². The van der Waals surface area contributed by atoms with Gasteiger partial charge in [-0.05, 0) is 38.0 Å². The Hall–Kier alpha value is -0.580. The van der Waals surface area contributed by atoms with Crippen molar-refractivity contribution in [2.24, 2.45) is 5.92 Å². The predicted molar refractivity (Wildman–Crippen MR) is 78.1 cm³/mol. The van der Waals surface area contributed by atoms with Crippen LogP contribution in [0.3, 0.4) is 0 Å². The number of sulfone groups is 1. The molecule has 0 aromatic heterocycles. The molecule has 1 heterocycles. The molecule has 114 valence electrons. The van der Waals surface area contributed by atoms with Gasteiger partial charge in [0.2, 0.25) is 5.91 Å². The smallest absolute Gasteiger partial charge is 0.238 e. The zero-order valence-electron chi connectivity index (χ0n) is 12.1. The molecule has 2 unspecified atom stereocenters. The molecule has 3 aliphatic rings. The second kappa shape index (κ2) is 5.66. The fourth-order valence-electron chi connectivity index (χ4n) is 4.34. The molecular formula is C15H25NO3S. The molecule has 0 radical (unpaired) electrons. The lowest BCUT2D eigenvalue weighted by molar-refractivity contribution is -0.130. The van der Waals surface area contributed by atoms with Gasteiger partial charge in [-0.25, -0.2) is 8.42 Å². The molecule has 3 rings (SSSR count). The standard InChI is InChI=1S/C15H25NO3S/c17-15(11-20(18,19)13-6-2-3-7-13)16-10-9-12-5-1-4-8-14(12)16/h12-14H,1-11H2. The third-order valence-corrected chi connectivity index (χ3v) is 7.60. The monoisotopic (exact) mass is 299 g/mol. The molecule has 20 heavy (non-hydrogen) atoms. The molecule has 2 atom stereocenters. The van der Waals surface area contributed by atoms with Gasteiger partial charge < -0.3 is 4.90 Å². The van der Waals surface area contributed by atoms with Crippen LogP contribution in [0.1, 0.15) is 57.8 Å². The molecule has 1 aliphatic heterocycles. The third kappa shape index (κ3) is 2.74. The first-order valence-electron chi connectivity index (χ1n) is 8.09. The molecule has 2 aliphatic carbocycles. The van der Waals surface area contributed by atoms with Gasteiger partial charge in [0.25, 0.3) is 0 Å². The maximum Gasteiger partial charge on any atom is 0.238 e. The first-order valence-corrected chi connectivity index (χ1v) is 9.80. The van der Waals surface area contributed by atoms with Crippen LogP contribution in [0.5, 0.6) is 0 Å². The number of carbonyl (C=O) groups excluding carboxylic acids is 1. The van der Waals surface area contributed by atoms with Crippen molar-refractivity contribution in [3.63, 3.8) is 0 Å². The minimum Gasteiger partial charge on any atom is -0.339 e.